The summed E-state index contributed by atoms with van der Waals surface area (Å²) in [6.07, 6.45) is 0.782. The summed E-state index contributed by atoms with van der Waals surface area (Å²) in [7, 11) is 0. The molecule has 0 aliphatic carbocycles. The van der Waals surface area contributed by atoms with E-state index in [0.29, 0.717) is 18.5 Å². The Hall–Kier alpha value is -1.30. The summed E-state index contributed by atoms with van der Waals surface area (Å²) in [6, 6.07) is 10.3. The molecular weight excluding hydrogens is 210 g/mol. The maximum absolute atomic E-state index is 8.94. The van der Waals surface area contributed by atoms with Crippen LogP contribution in [0.5, 0.6) is 0 Å². The third-order valence-corrected chi connectivity index (χ3v) is 2.70. The van der Waals surface area contributed by atoms with Gasteiger partial charge in [-0.1, -0.05) is 43.9 Å². The number of benzene rings is 1. The maximum atomic E-state index is 8.94. The molecule has 2 N–H and O–H groups in total. The van der Waals surface area contributed by atoms with Crippen LogP contribution in [-0.2, 0) is 0 Å². The van der Waals surface area contributed by atoms with Crippen LogP contribution in [-0.4, -0.2) is 24.3 Å². The molecule has 2 heteroatoms. The van der Waals surface area contributed by atoms with E-state index in [0.717, 1.165) is 12.0 Å². The van der Waals surface area contributed by atoms with Crippen LogP contribution >= 0.6 is 0 Å². The Balaban J connectivity index is 2.38. The molecule has 0 aliphatic heterocycles. The lowest BCUT2D eigenvalue weighted by Gasteiger charge is -2.19. The van der Waals surface area contributed by atoms with Crippen LogP contribution in [0.15, 0.2) is 30.3 Å². The van der Waals surface area contributed by atoms with Crippen molar-refractivity contribution in [3.05, 3.63) is 35.9 Å². The highest BCUT2D eigenvalue weighted by molar-refractivity contribution is 5.33. The van der Waals surface area contributed by atoms with E-state index < -0.39 is 0 Å². The standard InChI is InChI=1S/C15H21NO/c1-13(2)15(10-12-17)16-11-6-9-14-7-4-3-5-8-14/h3-5,7-8,13,15-17H,10-12H2,1-2H3. The van der Waals surface area contributed by atoms with Gasteiger partial charge in [0.05, 0.1) is 6.54 Å². The molecule has 1 atom stereocenters. The second-order valence-electron chi connectivity index (χ2n) is 4.41. The van der Waals surface area contributed by atoms with Crippen molar-refractivity contribution in [2.24, 2.45) is 5.92 Å². The minimum Gasteiger partial charge on any atom is -0.396 e. The van der Waals surface area contributed by atoms with E-state index >= 15 is 0 Å². The SMILES string of the molecule is CC(C)C(CCO)NCC#Cc1ccccc1. The molecule has 0 heterocycles. The second kappa shape index (κ2) is 7.89. The molecule has 0 aliphatic rings. The molecule has 0 amide bonds. The summed E-state index contributed by atoms with van der Waals surface area (Å²) in [5, 5.41) is 12.3. The van der Waals surface area contributed by atoms with Crippen LogP contribution in [0.2, 0.25) is 0 Å². The maximum Gasteiger partial charge on any atom is 0.0582 e. The fourth-order valence-electron chi connectivity index (χ4n) is 1.66. The fourth-order valence-corrected chi connectivity index (χ4v) is 1.66. The normalized spacial score (nSPS) is 12.0. The fraction of sp³-hybridized carbons (Fsp3) is 0.467. The summed E-state index contributed by atoms with van der Waals surface area (Å²) < 4.78 is 0. The number of nitrogens with one attached hydrogen (secondary N) is 1. The average Bonchev–Trinajstić information content (AvgIpc) is 2.34. The predicted molar refractivity (Wildman–Crippen MR) is 71.7 cm³/mol. The Morgan fingerprint density at radius 1 is 1.24 bits per heavy atom. The first-order valence-electron chi connectivity index (χ1n) is 6.12. The van der Waals surface area contributed by atoms with Gasteiger partial charge in [0.25, 0.3) is 0 Å². The van der Waals surface area contributed by atoms with Gasteiger partial charge < -0.3 is 10.4 Å². The number of hydrogen-bond acceptors (Lipinski definition) is 2. The summed E-state index contributed by atoms with van der Waals surface area (Å²) in [6.45, 7) is 5.19. The van der Waals surface area contributed by atoms with Crippen molar-refractivity contribution < 1.29 is 5.11 Å². The van der Waals surface area contributed by atoms with E-state index in [2.05, 4.69) is 31.0 Å². The van der Waals surface area contributed by atoms with E-state index in [1.165, 1.54) is 0 Å². The molecule has 0 radical (unpaired) electrons. The third kappa shape index (κ3) is 5.53. The Morgan fingerprint density at radius 3 is 2.53 bits per heavy atom. The lowest BCUT2D eigenvalue weighted by atomic mass is 10.0. The molecular formula is C15H21NO. The van der Waals surface area contributed by atoms with Crippen LogP contribution in [0, 0.1) is 17.8 Å². The largest absolute Gasteiger partial charge is 0.396 e. The van der Waals surface area contributed by atoms with Crippen molar-refractivity contribution in [3.8, 4) is 11.8 Å². The van der Waals surface area contributed by atoms with Crippen LogP contribution in [0.1, 0.15) is 25.8 Å². The molecule has 1 aromatic rings. The molecule has 92 valence electrons. The van der Waals surface area contributed by atoms with Crippen molar-refractivity contribution >= 4 is 0 Å². The molecule has 1 aromatic carbocycles. The summed E-state index contributed by atoms with van der Waals surface area (Å²) in [4.78, 5) is 0. The molecule has 1 unspecified atom stereocenters. The zero-order valence-electron chi connectivity index (χ0n) is 10.6. The molecule has 0 aromatic heterocycles. The second-order valence-corrected chi connectivity index (χ2v) is 4.41. The lowest BCUT2D eigenvalue weighted by Crippen LogP contribution is -2.34. The minimum atomic E-state index is 0.224. The molecule has 0 saturated heterocycles. The van der Waals surface area contributed by atoms with E-state index in [-0.39, 0.29) is 6.61 Å². The van der Waals surface area contributed by atoms with Crippen LogP contribution in [0.25, 0.3) is 0 Å². The van der Waals surface area contributed by atoms with Crippen LogP contribution in [0.4, 0.5) is 0 Å². The summed E-state index contributed by atoms with van der Waals surface area (Å²) in [5.41, 5.74) is 1.04. The van der Waals surface area contributed by atoms with Crippen molar-refractivity contribution in [1.82, 2.24) is 5.32 Å². The van der Waals surface area contributed by atoms with Crippen molar-refractivity contribution in [3.63, 3.8) is 0 Å². The van der Waals surface area contributed by atoms with Gasteiger partial charge in [-0.25, -0.2) is 0 Å². The van der Waals surface area contributed by atoms with Gasteiger partial charge in [0.2, 0.25) is 0 Å². The zero-order valence-corrected chi connectivity index (χ0v) is 10.6. The number of aliphatic hydroxyl groups is 1. The topological polar surface area (TPSA) is 32.3 Å². The van der Waals surface area contributed by atoms with E-state index in [4.69, 9.17) is 5.11 Å². The first-order valence-corrected chi connectivity index (χ1v) is 6.12. The molecule has 2 nitrogen and oxygen atoms in total. The average molecular weight is 231 g/mol. The first-order chi connectivity index (χ1) is 8.24. The number of rotatable bonds is 5. The highest BCUT2D eigenvalue weighted by Gasteiger charge is 2.10. The van der Waals surface area contributed by atoms with E-state index in [9.17, 15) is 0 Å². The summed E-state index contributed by atoms with van der Waals surface area (Å²) in [5.74, 6) is 6.72. The van der Waals surface area contributed by atoms with Gasteiger partial charge in [0, 0.05) is 18.2 Å². The summed E-state index contributed by atoms with van der Waals surface area (Å²) >= 11 is 0. The predicted octanol–water partition coefficient (Wildman–Crippen LogP) is 2.03. The number of aliphatic hydroxyl groups excluding tert-OH is 1. The third-order valence-electron chi connectivity index (χ3n) is 2.70. The smallest absolute Gasteiger partial charge is 0.0582 e. The minimum absolute atomic E-state index is 0.224. The Bertz CT molecular complexity index is 362. The number of hydrogen-bond donors (Lipinski definition) is 2. The van der Waals surface area contributed by atoms with Crippen molar-refractivity contribution in [2.75, 3.05) is 13.2 Å². The molecule has 0 fully saturated rings. The van der Waals surface area contributed by atoms with Gasteiger partial charge in [0.1, 0.15) is 0 Å². The molecule has 17 heavy (non-hydrogen) atoms. The van der Waals surface area contributed by atoms with Gasteiger partial charge >= 0.3 is 0 Å². The highest BCUT2D eigenvalue weighted by atomic mass is 16.3. The van der Waals surface area contributed by atoms with Crippen molar-refractivity contribution in [2.45, 2.75) is 26.3 Å². The molecule has 0 saturated carbocycles. The van der Waals surface area contributed by atoms with E-state index in [1.807, 2.05) is 30.3 Å². The van der Waals surface area contributed by atoms with Crippen LogP contribution < -0.4 is 5.32 Å². The Kier molecular flexibility index (Phi) is 6.39. The molecule has 0 spiro atoms. The quantitative estimate of drug-likeness (QED) is 0.760. The van der Waals surface area contributed by atoms with Gasteiger partial charge in [-0.3, -0.25) is 0 Å². The monoisotopic (exact) mass is 231 g/mol. The lowest BCUT2D eigenvalue weighted by molar-refractivity contribution is 0.247. The highest BCUT2D eigenvalue weighted by Crippen LogP contribution is 2.04. The van der Waals surface area contributed by atoms with Crippen LogP contribution in [0.3, 0.4) is 0 Å². The van der Waals surface area contributed by atoms with Gasteiger partial charge in [-0.05, 0) is 24.5 Å². The Morgan fingerprint density at radius 2 is 1.94 bits per heavy atom. The molecule has 1 rings (SSSR count). The van der Waals surface area contributed by atoms with E-state index in [1.54, 1.807) is 0 Å². The molecule has 0 bridgehead atoms. The van der Waals surface area contributed by atoms with Gasteiger partial charge in [0.15, 0.2) is 0 Å². The van der Waals surface area contributed by atoms with Gasteiger partial charge in [-0.2, -0.15) is 0 Å². The first kappa shape index (κ1) is 13.8. The zero-order chi connectivity index (χ0) is 12.5. The van der Waals surface area contributed by atoms with Crippen molar-refractivity contribution in [1.29, 1.82) is 0 Å². The van der Waals surface area contributed by atoms with Gasteiger partial charge in [-0.15, -0.1) is 0 Å². The Labute approximate surface area is 104 Å².